The topological polar surface area (TPSA) is 32.7 Å². The van der Waals surface area contributed by atoms with E-state index in [0.717, 1.165) is 18.8 Å². The van der Waals surface area contributed by atoms with Gasteiger partial charge in [0.15, 0.2) is 0 Å². The van der Waals surface area contributed by atoms with Gasteiger partial charge in [-0.15, -0.1) is 0 Å². The predicted octanol–water partition coefficient (Wildman–Crippen LogP) is 4.55. The molecule has 0 saturated heterocycles. The lowest BCUT2D eigenvalue weighted by Gasteiger charge is -2.36. The van der Waals surface area contributed by atoms with Crippen molar-refractivity contribution in [2.45, 2.75) is 46.9 Å². The van der Waals surface area contributed by atoms with E-state index < -0.39 is 5.72 Å². The molecule has 3 heteroatoms. The van der Waals surface area contributed by atoms with E-state index in [4.69, 9.17) is 4.74 Å². The SMILES string of the molecule is Cc1ccc(OCC(C)CN(Cc2ccccc2)C(C)(C)O)cc1C. The van der Waals surface area contributed by atoms with Crippen LogP contribution in [0.25, 0.3) is 0 Å². The van der Waals surface area contributed by atoms with Crippen LogP contribution in [0.5, 0.6) is 5.75 Å². The van der Waals surface area contributed by atoms with Crippen molar-refractivity contribution in [2.75, 3.05) is 13.2 Å². The molecule has 0 fully saturated rings. The standard InChI is InChI=1S/C22H31NO2/c1-17(16-25-21-12-11-18(2)19(3)13-21)14-23(22(4,5)24)15-20-9-7-6-8-10-20/h6-13,17,24H,14-16H2,1-5H3. The van der Waals surface area contributed by atoms with Gasteiger partial charge in [0.2, 0.25) is 0 Å². The van der Waals surface area contributed by atoms with Gasteiger partial charge in [0.25, 0.3) is 0 Å². The Balaban J connectivity index is 1.94. The highest BCUT2D eigenvalue weighted by atomic mass is 16.5. The molecule has 0 amide bonds. The molecular weight excluding hydrogens is 310 g/mol. The molecule has 0 aliphatic carbocycles. The van der Waals surface area contributed by atoms with Crippen LogP contribution in [0, 0.1) is 19.8 Å². The van der Waals surface area contributed by atoms with Crippen LogP contribution in [0.1, 0.15) is 37.5 Å². The number of hydrogen-bond donors (Lipinski definition) is 1. The summed E-state index contributed by atoms with van der Waals surface area (Å²) in [5.41, 5.74) is 2.85. The molecule has 0 heterocycles. The van der Waals surface area contributed by atoms with Crippen LogP contribution in [0.2, 0.25) is 0 Å². The molecular formula is C22H31NO2. The summed E-state index contributed by atoms with van der Waals surface area (Å²) in [5.74, 6) is 1.21. The number of ether oxygens (including phenoxy) is 1. The third-order valence-electron chi connectivity index (χ3n) is 4.54. The molecule has 0 spiro atoms. The molecule has 0 aliphatic heterocycles. The predicted molar refractivity (Wildman–Crippen MR) is 104 cm³/mol. The second-order valence-corrected chi connectivity index (χ2v) is 7.52. The fourth-order valence-electron chi connectivity index (χ4n) is 2.76. The Morgan fingerprint density at radius 1 is 1.04 bits per heavy atom. The smallest absolute Gasteiger partial charge is 0.119 e. The Labute approximate surface area is 152 Å². The van der Waals surface area contributed by atoms with E-state index in [2.05, 4.69) is 49.9 Å². The van der Waals surface area contributed by atoms with Gasteiger partial charge in [-0.2, -0.15) is 0 Å². The highest BCUT2D eigenvalue weighted by molar-refractivity contribution is 5.33. The summed E-state index contributed by atoms with van der Waals surface area (Å²) in [7, 11) is 0. The maximum atomic E-state index is 10.5. The highest BCUT2D eigenvalue weighted by Crippen LogP contribution is 2.20. The molecule has 1 unspecified atom stereocenters. The van der Waals surface area contributed by atoms with E-state index in [1.54, 1.807) is 0 Å². The van der Waals surface area contributed by atoms with Crippen molar-refractivity contribution in [1.82, 2.24) is 4.90 Å². The van der Waals surface area contributed by atoms with Crippen molar-refractivity contribution in [3.8, 4) is 5.75 Å². The molecule has 2 aromatic carbocycles. The first-order chi connectivity index (χ1) is 11.8. The van der Waals surface area contributed by atoms with Crippen molar-refractivity contribution in [3.05, 3.63) is 65.2 Å². The van der Waals surface area contributed by atoms with E-state index in [1.807, 2.05) is 38.1 Å². The van der Waals surface area contributed by atoms with Gasteiger partial charge in [0.05, 0.1) is 6.61 Å². The van der Waals surface area contributed by atoms with Gasteiger partial charge in [-0.25, -0.2) is 0 Å². The van der Waals surface area contributed by atoms with Crippen molar-refractivity contribution in [1.29, 1.82) is 0 Å². The molecule has 3 nitrogen and oxygen atoms in total. The second kappa shape index (κ2) is 8.50. The third kappa shape index (κ3) is 6.18. The lowest BCUT2D eigenvalue weighted by Crippen LogP contribution is -2.46. The summed E-state index contributed by atoms with van der Waals surface area (Å²) >= 11 is 0. The van der Waals surface area contributed by atoms with Crippen LogP contribution < -0.4 is 4.74 Å². The zero-order valence-corrected chi connectivity index (χ0v) is 16.1. The summed E-state index contributed by atoms with van der Waals surface area (Å²) < 4.78 is 5.96. The van der Waals surface area contributed by atoms with Gasteiger partial charge < -0.3 is 9.84 Å². The zero-order valence-electron chi connectivity index (χ0n) is 16.1. The molecule has 1 atom stereocenters. The van der Waals surface area contributed by atoms with E-state index >= 15 is 0 Å². The minimum atomic E-state index is -0.870. The molecule has 0 saturated carbocycles. The van der Waals surface area contributed by atoms with Crippen LogP contribution in [0.3, 0.4) is 0 Å². The van der Waals surface area contributed by atoms with Crippen molar-refractivity contribution in [3.63, 3.8) is 0 Å². The number of hydrogen-bond acceptors (Lipinski definition) is 3. The maximum absolute atomic E-state index is 10.5. The minimum Gasteiger partial charge on any atom is -0.493 e. The van der Waals surface area contributed by atoms with Gasteiger partial charge in [-0.3, -0.25) is 4.90 Å². The number of nitrogens with zero attached hydrogens (tertiary/aromatic N) is 1. The Kier molecular flexibility index (Phi) is 6.63. The summed E-state index contributed by atoms with van der Waals surface area (Å²) in [5, 5.41) is 10.5. The number of aliphatic hydroxyl groups is 1. The Bertz CT molecular complexity index is 661. The monoisotopic (exact) mass is 341 g/mol. The van der Waals surface area contributed by atoms with Gasteiger partial charge >= 0.3 is 0 Å². The van der Waals surface area contributed by atoms with E-state index in [9.17, 15) is 5.11 Å². The minimum absolute atomic E-state index is 0.303. The lowest BCUT2D eigenvalue weighted by molar-refractivity contribution is -0.0912. The van der Waals surface area contributed by atoms with E-state index in [-0.39, 0.29) is 0 Å². The van der Waals surface area contributed by atoms with Gasteiger partial charge in [-0.05, 0) is 56.5 Å². The summed E-state index contributed by atoms with van der Waals surface area (Å²) in [6, 6.07) is 16.5. The average molecular weight is 341 g/mol. The zero-order chi connectivity index (χ0) is 18.4. The Morgan fingerprint density at radius 3 is 2.32 bits per heavy atom. The third-order valence-corrected chi connectivity index (χ3v) is 4.54. The van der Waals surface area contributed by atoms with Crippen LogP contribution in [-0.2, 0) is 6.54 Å². The van der Waals surface area contributed by atoms with Gasteiger partial charge in [-0.1, -0.05) is 43.3 Å². The van der Waals surface area contributed by atoms with E-state index in [0.29, 0.717) is 12.5 Å². The Hall–Kier alpha value is -1.84. The van der Waals surface area contributed by atoms with Crippen molar-refractivity contribution < 1.29 is 9.84 Å². The number of rotatable bonds is 8. The first kappa shape index (κ1) is 19.5. The molecule has 2 rings (SSSR count). The fraction of sp³-hybridized carbons (Fsp3) is 0.455. The molecule has 136 valence electrons. The summed E-state index contributed by atoms with van der Waals surface area (Å²) in [6.45, 7) is 12.2. The first-order valence-electron chi connectivity index (χ1n) is 8.97. The second-order valence-electron chi connectivity index (χ2n) is 7.52. The van der Waals surface area contributed by atoms with Crippen LogP contribution in [0.4, 0.5) is 0 Å². The van der Waals surface area contributed by atoms with Crippen LogP contribution >= 0.6 is 0 Å². The molecule has 0 aliphatic rings. The normalized spacial score (nSPS) is 13.1. The van der Waals surface area contributed by atoms with Crippen molar-refractivity contribution in [2.24, 2.45) is 5.92 Å². The quantitative estimate of drug-likeness (QED) is 0.715. The van der Waals surface area contributed by atoms with Crippen LogP contribution in [0.15, 0.2) is 48.5 Å². The lowest BCUT2D eigenvalue weighted by atomic mass is 10.1. The molecule has 25 heavy (non-hydrogen) atoms. The molecule has 1 N–H and O–H groups in total. The molecule has 2 aromatic rings. The molecule has 0 bridgehead atoms. The summed E-state index contributed by atoms with van der Waals surface area (Å²) in [4.78, 5) is 2.09. The van der Waals surface area contributed by atoms with Gasteiger partial charge in [0, 0.05) is 19.0 Å². The van der Waals surface area contributed by atoms with Crippen LogP contribution in [-0.4, -0.2) is 28.9 Å². The summed E-state index contributed by atoms with van der Waals surface area (Å²) in [6.07, 6.45) is 0. The molecule has 0 aromatic heterocycles. The number of benzene rings is 2. The average Bonchev–Trinajstić information content (AvgIpc) is 2.55. The maximum Gasteiger partial charge on any atom is 0.119 e. The fourth-order valence-corrected chi connectivity index (χ4v) is 2.76. The molecule has 0 radical (unpaired) electrons. The van der Waals surface area contributed by atoms with E-state index in [1.165, 1.54) is 16.7 Å². The Morgan fingerprint density at radius 2 is 1.72 bits per heavy atom. The highest BCUT2D eigenvalue weighted by Gasteiger charge is 2.25. The van der Waals surface area contributed by atoms with Gasteiger partial charge in [0.1, 0.15) is 11.5 Å². The number of aryl methyl sites for hydroxylation is 2. The van der Waals surface area contributed by atoms with Crippen molar-refractivity contribution >= 4 is 0 Å². The first-order valence-corrected chi connectivity index (χ1v) is 8.97. The largest absolute Gasteiger partial charge is 0.493 e.